The van der Waals surface area contributed by atoms with Crippen molar-refractivity contribution in [3.8, 4) is 0 Å². The van der Waals surface area contributed by atoms with Crippen LogP contribution in [0.25, 0.3) is 0 Å². The van der Waals surface area contributed by atoms with Crippen molar-refractivity contribution in [3.05, 3.63) is 57.8 Å². The standard InChI is InChI=1S/C14H12ClN5OS/c1-9-7-16-14(22-9)17-13(21)11-12(15)20(19-18-11)8-10-5-3-2-4-6-10/h2-7H,8H2,1H3,(H,16,17,21). The van der Waals surface area contributed by atoms with Crippen molar-refractivity contribution in [2.75, 3.05) is 5.32 Å². The zero-order valence-electron chi connectivity index (χ0n) is 11.7. The molecule has 2 heterocycles. The largest absolute Gasteiger partial charge is 0.296 e. The Bertz CT molecular complexity index is 799. The van der Waals surface area contributed by atoms with Crippen LogP contribution in [0.3, 0.4) is 0 Å². The van der Waals surface area contributed by atoms with Gasteiger partial charge >= 0.3 is 0 Å². The molecule has 3 aromatic rings. The van der Waals surface area contributed by atoms with Gasteiger partial charge in [-0.15, -0.1) is 16.4 Å². The highest BCUT2D eigenvalue weighted by atomic mass is 35.5. The van der Waals surface area contributed by atoms with Crippen LogP contribution in [0.15, 0.2) is 36.5 Å². The molecular formula is C14H12ClN5OS. The second kappa shape index (κ2) is 6.25. The maximum Gasteiger partial charge on any atom is 0.281 e. The van der Waals surface area contributed by atoms with Crippen LogP contribution in [-0.4, -0.2) is 25.9 Å². The van der Waals surface area contributed by atoms with E-state index in [1.807, 2.05) is 37.3 Å². The van der Waals surface area contributed by atoms with Crippen LogP contribution >= 0.6 is 22.9 Å². The lowest BCUT2D eigenvalue weighted by atomic mass is 10.2. The fourth-order valence-electron chi connectivity index (χ4n) is 1.87. The third-order valence-electron chi connectivity index (χ3n) is 2.91. The van der Waals surface area contributed by atoms with Crippen LogP contribution in [-0.2, 0) is 6.54 Å². The smallest absolute Gasteiger partial charge is 0.281 e. The first kappa shape index (κ1) is 14.7. The van der Waals surface area contributed by atoms with Crippen molar-refractivity contribution in [1.29, 1.82) is 0 Å². The average Bonchev–Trinajstić information content (AvgIpc) is 3.07. The molecule has 112 valence electrons. The van der Waals surface area contributed by atoms with E-state index in [9.17, 15) is 4.79 Å². The van der Waals surface area contributed by atoms with Gasteiger partial charge in [0.25, 0.3) is 5.91 Å². The first-order valence-electron chi connectivity index (χ1n) is 6.50. The van der Waals surface area contributed by atoms with Gasteiger partial charge in [0.2, 0.25) is 0 Å². The summed E-state index contributed by atoms with van der Waals surface area (Å²) in [5, 5.41) is 11.2. The predicted molar refractivity (Wildman–Crippen MR) is 85.4 cm³/mol. The van der Waals surface area contributed by atoms with E-state index < -0.39 is 5.91 Å². The van der Waals surface area contributed by atoms with Crippen molar-refractivity contribution < 1.29 is 4.79 Å². The minimum atomic E-state index is -0.418. The van der Waals surface area contributed by atoms with E-state index in [1.54, 1.807) is 6.20 Å². The number of benzene rings is 1. The van der Waals surface area contributed by atoms with Gasteiger partial charge < -0.3 is 0 Å². The van der Waals surface area contributed by atoms with Crippen molar-refractivity contribution in [1.82, 2.24) is 20.0 Å². The zero-order valence-corrected chi connectivity index (χ0v) is 13.2. The van der Waals surface area contributed by atoms with Gasteiger partial charge in [0.15, 0.2) is 16.0 Å². The molecule has 22 heavy (non-hydrogen) atoms. The van der Waals surface area contributed by atoms with Gasteiger partial charge in [-0.05, 0) is 12.5 Å². The SMILES string of the molecule is Cc1cnc(NC(=O)c2nnn(Cc3ccccc3)c2Cl)s1. The number of amides is 1. The van der Waals surface area contributed by atoms with Crippen LogP contribution in [0.2, 0.25) is 5.15 Å². The Kier molecular flexibility index (Phi) is 4.17. The van der Waals surface area contributed by atoms with E-state index in [1.165, 1.54) is 16.0 Å². The first-order valence-corrected chi connectivity index (χ1v) is 7.69. The molecule has 8 heteroatoms. The van der Waals surface area contributed by atoms with Crippen molar-refractivity contribution in [2.24, 2.45) is 0 Å². The summed E-state index contributed by atoms with van der Waals surface area (Å²) in [6, 6.07) is 9.70. The van der Waals surface area contributed by atoms with Gasteiger partial charge in [0.1, 0.15) is 0 Å². The summed E-state index contributed by atoms with van der Waals surface area (Å²) in [7, 11) is 0. The molecule has 0 aliphatic carbocycles. The first-order chi connectivity index (χ1) is 10.6. The number of anilines is 1. The van der Waals surface area contributed by atoms with E-state index in [-0.39, 0.29) is 10.8 Å². The Hall–Kier alpha value is -2.25. The van der Waals surface area contributed by atoms with Crippen LogP contribution in [0, 0.1) is 6.92 Å². The molecule has 1 amide bonds. The van der Waals surface area contributed by atoms with Gasteiger partial charge in [-0.25, -0.2) is 9.67 Å². The second-order valence-electron chi connectivity index (χ2n) is 4.60. The van der Waals surface area contributed by atoms with Crippen LogP contribution in [0.5, 0.6) is 0 Å². The molecule has 6 nitrogen and oxygen atoms in total. The molecule has 0 bridgehead atoms. The highest BCUT2D eigenvalue weighted by Gasteiger charge is 2.19. The van der Waals surface area contributed by atoms with Gasteiger partial charge in [0, 0.05) is 11.1 Å². The number of thiazole rings is 1. The third kappa shape index (κ3) is 3.15. The van der Waals surface area contributed by atoms with Crippen molar-refractivity contribution in [3.63, 3.8) is 0 Å². The minimum Gasteiger partial charge on any atom is -0.296 e. The summed E-state index contributed by atoms with van der Waals surface area (Å²) < 4.78 is 1.49. The summed E-state index contributed by atoms with van der Waals surface area (Å²) in [6.07, 6.45) is 1.69. The van der Waals surface area contributed by atoms with Crippen molar-refractivity contribution >= 4 is 34.0 Å². The van der Waals surface area contributed by atoms with Crippen LogP contribution < -0.4 is 5.32 Å². The average molecular weight is 334 g/mol. The maximum absolute atomic E-state index is 12.2. The number of aromatic nitrogens is 4. The highest BCUT2D eigenvalue weighted by Crippen LogP contribution is 2.20. The molecule has 0 atom stereocenters. The molecule has 0 spiro atoms. The number of carbonyl (C=O) groups is 1. The number of halogens is 1. The number of aryl methyl sites for hydroxylation is 1. The summed E-state index contributed by atoms with van der Waals surface area (Å²) in [5.41, 5.74) is 1.11. The Morgan fingerprint density at radius 3 is 2.82 bits per heavy atom. The molecule has 0 aliphatic rings. The molecule has 0 saturated heterocycles. The van der Waals surface area contributed by atoms with Gasteiger partial charge in [-0.2, -0.15) is 0 Å². The quantitative estimate of drug-likeness (QED) is 0.796. The fourth-order valence-corrected chi connectivity index (χ4v) is 2.74. The fraction of sp³-hybridized carbons (Fsp3) is 0.143. The molecule has 0 fully saturated rings. The third-order valence-corrected chi connectivity index (χ3v) is 4.11. The van der Waals surface area contributed by atoms with E-state index >= 15 is 0 Å². The molecule has 0 aliphatic heterocycles. The Balaban J connectivity index is 1.76. The Labute approximate surface area is 135 Å². The molecule has 0 radical (unpaired) electrons. The van der Waals surface area contributed by atoms with Crippen LogP contribution in [0.1, 0.15) is 20.9 Å². The Morgan fingerprint density at radius 1 is 1.36 bits per heavy atom. The predicted octanol–water partition coefficient (Wildman–Crippen LogP) is 3.00. The molecule has 0 unspecified atom stereocenters. The number of rotatable bonds is 4. The molecule has 1 N–H and O–H groups in total. The molecule has 0 saturated carbocycles. The second-order valence-corrected chi connectivity index (χ2v) is 6.20. The number of carbonyl (C=O) groups excluding carboxylic acids is 1. The summed E-state index contributed by atoms with van der Waals surface area (Å²) in [4.78, 5) is 17.2. The van der Waals surface area contributed by atoms with Gasteiger partial charge in [-0.3, -0.25) is 10.1 Å². The molecule has 1 aromatic carbocycles. The lowest BCUT2D eigenvalue weighted by Gasteiger charge is -2.02. The normalized spacial score (nSPS) is 10.6. The molecule has 2 aromatic heterocycles. The van der Waals surface area contributed by atoms with Crippen LogP contribution in [0.4, 0.5) is 5.13 Å². The zero-order chi connectivity index (χ0) is 15.5. The van der Waals surface area contributed by atoms with E-state index in [0.717, 1.165) is 10.4 Å². The molecular weight excluding hydrogens is 322 g/mol. The summed E-state index contributed by atoms with van der Waals surface area (Å²) >= 11 is 7.59. The van der Waals surface area contributed by atoms with Gasteiger partial charge in [0.05, 0.1) is 6.54 Å². The van der Waals surface area contributed by atoms with Gasteiger partial charge in [-0.1, -0.05) is 47.1 Å². The lowest BCUT2D eigenvalue weighted by molar-refractivity contribution is 0.102. The summed E-state index contributed by atoms with van der Waals surface area (Å²) in [6.45, 7) is 2.37. The number of hydrogen-bond donors (Lipinski definition) is 1. The van der Waals surface area contributed by atoms with E-state index in [2.05, 4.69) is 20.6 Å². The number of nitrogens with zero attached hydrogens (tertiary/aromatic N) is 4. The highest BCUT2D eigenvalue weighted by molar-refractivity contribution is 7.15. The van der Waals surface area contributed by atoms with Crippen molar-refractivity contribution in [2.45, 2.75) is 13.5 Å². The maximum atomic E-state index is 12.2. The Morgan fingerprint density at radius 2 is 2.14 bits per heavy atom. The minimum absolute atomic E-state index is 0.0884. The number of hydrogen-bond acceptors (Lipinski definition) is 5. The van der Waals surface area contributed by atoms with E-state index in [4.69, 9.17) is 11.6 Å². The number of nitrogens with one attached hydrogen (secondary N) is 1. The molecule has 3 rings (SSSR count). The lowest BCUT2D eigenvalue weighted by Crippen LogP contribution is -2.13. The van der Waals surface area contributed by atoms with E-state index in [0.29, 0.717) is 11.7 Å². The topological polar surface area (TPSA) is 72.7 Å². The summed E-state index contributed by atoms with van der Waals surface area (Å²) in [5.74, 6) is -0.418. The monoisotopic (exact) mass is 333 g/mol.